The van der Waals surface area contributed by atoms with Gasteiger partial charge in [-0.05, 0) is 81.3 Å². The molecule has 1 fully saturated rings. The monoisotopic (exact) mass is 217 g/mol. The molecular formula is C15H23N. The maximum atomic E-state index is 3.60. The van der Waals surface area contributed by atoms with E-state index in [1.807, 2.05) is 0 Å². The van der Waals surface area contributed by atoms with Crippen molar-refractivity contribution < 1.29 is 0 Å². The van der Waals surface area contributed by atoms with Gasteiger partial charge >= 0.3 is 0 Å². The molecule has 1 heterocycles. The van der Waals surface area contributed by atoms with Gasteiger partial charge in [-0.1, -0.05) is 6.07 Å². The van der Waals surface area contributed by atoms with Crippen molar-refractivity contribution in [2.24, 2.45) is 0 Å². The Bertz CT molecular complexity index is 361. The van der Waals surface area contributed by atoms with Gasteiger partial charge in [-0.25, -0.2) is 0 Å². The summed E-state index contributed by atoms with van der Waals surface area (Å²) in [5.74, 6) is 0. The first-order valence-corrected chi connectivity index (χ1v) is 6.39. The van der Waals surface area contributed by atoms with Gasteiger partial charge in [0.2, 0.25) is 0 Å². The lowest BCUT2D eigenvalue weighted by atomic mass is 9.90. The van der Waals surface area contributed by atoms with E-state index in [0.717, 1.165) is 0 Å². The molecule has 1 aromatic carbocycles. The second-order valence-electron chi connectivity index (χ2n) is 5.24. The summed E-state index contributed by atoms with van der Waals surface area (Å²) in [5.41, 5.74) is 7.46. The smallest absolute Gasteiger partial charge is 0.0108 e. The van der Waals surface area contributed by atoms with Gasteiger partial charge < -0.3 is 5.32 Å². The second kappa shape index (κ2) is 4.58. The normalized spacial score (nSPS) is 20.4. The highest BCUT2D eigenvalue weighted by atomic mass is 14.9. The van der Waals surface area contributed by atoms with Crippen molar-refractivity contribution in [2.75, 3.05) is 6.54 Å². The molecule has 1 aromatic rings. The van der Waals surface area contributed by atoms with Crippen LogP contribution in [0.15, 0.2) is 6.07 Å². The van der Waals surface area contributed by atoms with E-state index in [1.54, 1.807) is 5.56 Å². The predicted octanol–water partition coefficient (Wildman–Crippen LogP) is 3.21. The molecule has 88 valence electrons. The van der Waals surface area contributed by atoms with Crippen molar-refractivity contribution in [3.05, 3.63) is 33.9 Å². The molecule has 1 nitrogen and oxygen atoms in total. The molecule has 0 aromatic heterocycles. The lowest BCUT2D eigenvalue weighted by Crippen LogP contribution is -2.24. The van der Waals surface area contributed by atoms with Gasteiger partial charge in [0.25, 0.3) is 0 Å². The van der Waals surface area contributed by atoms with Crippen LogP contribution in [0.2, 0.25) is 0 Å². The van der Waals surface area contributed by atoms with E-state index in [0.29, 0.717) is 6.04 Å². The summed E-state index contributed by atoms with van der Waals surface area (Å²) >= 11 is 0. The summed E-state index contributed by atoms with van der Waals surface area (Å²) in [4.78, 5) is 0. The number of benzene rings is 1. The fraction of sp³-hybridized carbons (Fsp3) is 0.600. The van der Waals surface area contributed by atoms with Crippen LogP contribution in [-0.4, -0.2) is 12.6 Å². The molecule has 1 aliphatic rings. The van der Waals surface area contributed by atoms with Gasteiger partial charge in [-0.3, -0.25) is 0 Å². The van der Waals surface area contributed by atoms with Gasteiger partial charge in [0.15, 0.2) is 0 Å². The maximum absolute atomic E-state index is 3.60. The lowest BCUT2D eigenvalue weighted by molar-refractivity contribution is 0.599. The molecule has 1 N–H and O–H groups in total. The van der Waals surface area contributed by atoms with Crippen LogP contribution >= 0.6 is 0 Å². The molecule has 16 heavy (non-hydrogen) atoms. The molecule has 0 radical (unpaired) electrons. The zero-order valence-electron chi connectivity index (χ0n) is 11.0. The van der Waals surface area contributed by atoms with Crippen LogP contribution < -0.4 is 5.32 Å². The summed E-state index contributed by atoms with van der Waals surface area (Å²) in [6.07, 6.45) is 3.89. The molecule has 1 unspecified atom stereocenters. The zero-order chi connectivity index (χ0) is 11.7. The summed E-state index contributed by atoms with van der Waals surface area (Å²) in [5, 5.41) is 3.60. The number of aryl methyl sites for hydroxylation is 2. The van der Waals surface area contributed by atoms with Crippen LogP contribution in [0.4, 0.5) is 0 Å². The van der Waals surface area contributed by atoms with Crippen LogP contribution in [-0.2, 0) is 6.42 Å². The fourth-order valence-corrected chi connectivity index (χ4v) is 2.78. The van der Waals surface area contributed by atoms with Crippen LogP contribution in [0.3, 0.4) is 0 Å². The fourth-order valence-electron chi connectivity index (χ4n) is 2.78. The van der Waals surface area contributed by atoms with E-state index < -0.39 is 0 Å². The van der Waals surface area contributed by atoms with Gasteiger partial charge in [-0.15, -0.1) is 0 Å². The number of rotatable bonds is 2. The van der Waals surface area contributed by atoms with Crippen LogP contribution in [0.5, 0.6) is 0 Å². The standard InChI is InChI=1S/C15H23N/c1-10-8-11(2)13(4)15(12(10)3)9-14-6-5-7-16-14/h8,14,16H,5-7,9H2,1-4H3. The number of hydrogen-bond donors (Lipinski definition) is 1. The summed E-state index contributed by atoms with van der Waals surface area (Å²) in [6, 6.07) is 3.02. The van der Waals surface area contributed by atoms with E-state index >= 15 is 0 Å². The first-order valence-electron chi connectivity index (χ1n) is 6.39. The number of hydrogen-bond acceptors (Lipinski definition) is 1. The molecule has 0 amide bonds. The van der Waals surface area contributed by atoms with Crippen molar-refractivity contribution in [3.63, 3.8) is 0 Å². The summed E-state index contributed by atoms with van der Waals surface area (Å²) in [7, 11) is 0. The Balaban J connectivity index is 2.31. The molecule has 0 bridgehead atoms. The minimum absolute atomic E-state index is 0.707. The van der Waals surface area contributed by atoms with Gasteiger partial charge in [0.1, 0.15) is 0 Å². The second-order valence-corrected chi connectivity index (χ2v) is 5.24. The van der Waals surface area contributed by atoms with Crippen molar-refractivity contribution in [1.29, 1.82) is 0 Å². The third kappa shape index (κ3) is 2.15. The highest BCUT2D eigenvalue weighted by Gasteiger charge is 2.17. The summed E-state index contributed by atoms with van der Waals surface area (Å²) < 4.78 is 0. The predicted molar refractivity (Wildman–Crippen MR) is 70.1 cm³/mol. The summed E-state index contributed by atoms with van der Waals surface area (Å²) in [6.45, 7) is 10.2. The van der Waals surface area contributed by atoms with Gasteiger partial charge in [0.05, 0.1) is 0 Å². The molecule has 0 aliphatic carbocycles. The molecule has 1 aliphatic heterocycles. The highest BCUT2D eigenvalue weighted by molar-refractivity contribution is 5.44. The Morgan fingerprint density at radius 3 is 2.25 bits per heavy atom. The molecule has 1 saturated heterocycles. The van der Waals surface area contributed by atoms with Crippen molar-refractivity contribution in [3.8, 4) is 0 Å². The first kappa shape index (κ1) is 11.7. The quantitative estimate of drug-likeness (QED) is 0.802. The average molecular weight is 217 g/mol. The highest BCUT2D eigenvalue weighted by Crippen LogP contribution is 2.24. The molecular weight excluding hydrogens is 194 g/mol. The van der Waals surface area contributed by atoms with Gasteiger partial charge in [0, 0.05) is 6.04 Å². The van der Waals surface area contributed by atoms with E-state index in [9.17, 15) is 0 Å². The Kier molecular flexibility index (Phi) is 3.34. The molecule has 1 heteroatoms. The Morgan fingerprint density at radius 2 is 1.75 bits per heavy atom. The van der Waals surface area contributed by atoms with E-state index in [1.165, 1.54) is 48.1 Å². The molecule has 0 spiro atoms. The average Bonchev–Trinajstić information content (AvgIpc) is 2.74. The maximum Gasteiger partial charge on any atom is 0.0108 e. The minimum atomic E-state index is 0.707. The Hall–Kier alpha value is -0.820. The third-order valence-corrected chi connectivity index (χ3v) is 4.13. The van der Waals surface area contributed by atoms with Gasteiger partial charge in [-0.2, -0.15) is 0 Å². The molecule has 1 atom stereocenters. The Morgan fingerprint density at radius 1 is 1.12 bits per heavy atom. The van der Waals surface area contributed by atoms with E-state index in [-0.39, 0.29) is 0 Å². The van der Waals surface area contributed by atoms with Crippen molar-refractivity contribution in [1.82, 2.24) is 5.32 Å². The Labute approximate surface area is 99.3 Å². The van der Waals surface area contributed by atoms with Crippen molar-refractivity contribution >= 4 is 0 Å². The molecule has 2 rings (SSSR count). The third-order valence-electron chi connectivity index (χ3n) is 4.13. The van der Waals surface area contributed by atoms with Crippen molar-refractivity contribution in [2.45, 2.75) is 53.0 Å². The number of nitrogens with one attached hydrogen (secondary N) is 1. The first-order chi connectivity index (χ1) is 7.59. The van der Waals surface area contributed by atoms with E-state index in [4.69, 9.17) is 0 Å². The molecule has 0 saturated carbocycles. The van der Waals surface area contributed by atoms with E-state index in [2.05, 4.69) is 39.1 Å². The zero-order valence-corrected chi connectivity index (χ0v) is 11.0. The van der Waals surface area contributed by atoms with Crippen LogP contribution in [0.25, 0.3) is 0 Å². The largest absolute Gasteiger partial charge is 0.314 e. The van der Waals surface area contributed by atoms with Crippen LogP contribution in [0, 0.1) is 27.7 Å². The van der Waals surface area contributed by atoms with Crippen LogP contribution in [0.1, 0.15) is 40.7 Å². The SMILES string of the molecule is Cc1cc(C)c(C)c(CC2CCCN2)c1C. The minimum Gasteiger partial charge on any atom is -0.314 e. The lowest BCUT2D eigenvalue weighted by Gasteiger charge is -2.18. The topological polar surface area (TPSA) is 12.0 Å².